The standard InChI is InChI=1S/C21H18N4O2S/c26-21-15(8-9-22-21)11-18-24-25-19(27-18)12-20-23-16-7-6-14(10-17(16)28-20)13-4-2-1-3-5-13/h1-7,10,15H,8-9,11-12H2,(H,22,26). The van der Waals surface area contributed by atoms with E-state index in [-0.39, 0.29) is 11.8 Å². The monoisotopic (exact) mass is 390 g/mol. The molecule has 4 aromatic rings. The van der Waals surface area contributed by atoms with Crippen LogP contribution in [0, 0.1) is 5.92 Å². The van der Waals surface area contributed by atoms with Crippen molar-refractivity contribution in [1.82, 2.24) is 20.5 Å². The zero-order valence-corrected chi connectivity index (χ0v) is 15.9. The van der Waals surface area contributed by atoms with Gasteiger partial charge in [0.25, 0.3) is 0 Å². The van der Waals surface area contributed by atoms with Gasteiger partial charge < -0.3 is 9.73 Å². The Labute approximate surface area is 165 Å². The summed E-state index contributed by atoms with van der Waals surface area (Å²) in [5.41, 5.74) is 3.34. The van der Waals surface area contributed by atoms with Crippen molar-refractivity contribution < 1.29 is 9.21 Å². The minimum absolute atomic E-state index is 0.0628. The van der Waals surface area contributed by atoms with Gasteiger partial charge >= 0.3 is 0 Å². The van der Waals surface area contributed by atoms with Crippen LogP contribution < -0.4 is 5.32 Å². The van der Waals surface area contributed by atoms with E-state index in [4.69, 9.17) is 9.40 Å². The van der Waals surface area contributed by atoms with E-state index in [1.807, 2.05) is 18.2 Å². The van der Waals surface area contributed by atoms with E-state index in [1.165, 1.54) is 11.1 Å². The predicted octanol–water partition coefficient (Wildman–Crippen LogP) is 3.62. The zero-order valence-electron chi connectivity index (χ0n) is 15.1. The van der Waals surface area contributed by atoms with E-state index in [0.717, 1.165) is 28.2 Å². The largest absolute Gasteiger partial charge is 0.425 e. The molecule has 1 unspecified atom stereocenters. The molecule has 0 spiro atoms. The maximum atomic E-state index is 11.7. The maximum Gasteiger partial charge on any atom is 0.223 e. The number of aromatic nitrogens is 3. The molecule has 1 N–H and O–H groups in total. The van der Waals surface area contributed by atoms with Gasteiger partial charge in [0.2, 0.25) is 17.7 Å². The zero-order chi connectivity index (χ0) is 18.9. The summed E-state index contributed by atoms with van der Waals surface area (Å²) in [5.74, 6) is 1.06. The number of carbonyl (C=O) groups excluding carboxylic acids is 1. The van der Waals surface area contributed by atoms with E-state index in [2.05, 4.69) is 45.8 Å². The van der Waals surface area contributed by atoms with Crippen LogP contribution in [-0.2, 0) is 17.6 Å². The first-order valence-corrected chi connectivity index (χ1v) is 10.1. The highest BCUT2D eigenvalue weighted by molar-refractivity contribution is 7.18. The first-order chi connectivity index (χ1) is 13.7. The second-order valence-corrected chi connectivity index (χ2v) is 8.02. The molecule has 7 heteroatoms. The van der Waals surface area contributed by atoms with E-state index >= 15 is 0 Å². The second-order valence-electron chi connectivity index (χ2n) is 6.90. The quantitative estimate of drug-likeness (QED) is 0.563. The molecule has 1 amide bonds. The van der Waals surface area contributed by atoms with Crippen molar-refractivity contribution in [2.45, 2.75) is 19.3 Å². The molecule has 0 radical (unpaired) electrons. The number of benzene rings is 2. The summed E-state index contributed by atoms with van der Waals surface area (Å²) in [5, 5.41) is 12.0. The number of thiazole rings is 1. The van der Waals surface area contributed by atoms with Crippen LogP contribution in [0.15, 0.2) is 52.9 Å². The molecule has 140 valence electrons. The molecule has 2 aromatic carbocycles. The van der Waals surface area contributed by atoms with Gasteiger partial charge in [0, 0.05) is 18.9 Å². The molecule has 28 heavy (non-hydrogen) atoms. The Morgan fingerprint density at radius 1 is 1.07 bits per heavy atom. The van der Waals surface area contributed by atoms with Crippen molar-refractivity contribution >= 4 is 27.5 Å². The van der Waals surface area contributed by atoms with Gasteiger partial charge in [0.1, 0.15) is 5.01 Å². The Hall–Kier alpha value is -3.06. The van der Waals surface area contributed by atoms with Gasteiger partial charge in [-0.15, -0.1) is 21.5 Å². The molecule has 1 aliphatic heterocycles. The molecule has 0 bridgehead atoms. The first-order valence-electron chi connectivity index (χ1n) is 9.28. The summed E-state index contributed by atoms with van der Waals surface area (Å²) >= 11 is 1.64. The third-order valence-corrected chi connectivity index (χ3v) is 5.95. The molecule has 3 heterocycles. The van der Waals surface area contributed by atoms with Gasteiger partial charge in [-0.25, -0.2) is 4.98 Å². The van der Waals surface area contributed by atoms with E-state index in [9.17, 15) is 4.79 Å². The molecular formula is C21H18N4O2S. The summed E-state index contributed by atoms with van der Waals surface area (Å²) in [6.07, 6.45) is 1.82. The maximum absolute atomic E-state index is 11.7. The molecule has 1 aliphatic rings. The Balaban J connectivity index is 1.33. The van der Waals surface area contributed by atoms with Crippen LogP contribution >= 0.6 is 11.3 Å². The fourth-order valence-electron chi connectivity index (χ4n) is 3.48. The van der Waals surface area contributed by atoms with Crippen LogP contribution in [0.4, 0.5) is 0 Å². The number of rotatable bonds is 5. The third-order valence-electron chi connectivity index (χ3n) is 4.93. The number of hydrogen-bond donors (Lipinski definition) is 1. The van der Waals surface area contributed by atoms with Crippen LogP contribution in [0.3, 0.4) is 0 Å². The molecule has 0 saturated carbocycles. The summed E-state index contributed by atoms with van der Waals surface area (Å²) in [6.45, 7) is 0.723. The van der Waals surface area contributed by atoms with E-state index in [1.54, 1.807) is 11.3 Å². The highest BCUT2D eigenvalue weighted by Crippen LogP contribution is 2.29. The molecule has 5 rings (SSSR count). The van der Waals surface area contributed by atoms with Crippen LogP contribution in [-0.4, -0.2) is 27.6 Å². The molecule has 1 fully saturated rings. The topological polar surface area (TPSA) is 80.9 Å². The minimum Gasteiger partial charge on any atom is -0.425 e. The van der Waals surface area contributed by atoms with Crippen LogP contribution in [0.2, 0.25) is 0 Å². The number of fused-ring (bicyclic) bond motifs is 1. The first kappa shape index (κ1) is 17.1. The summed E-state index contributed by atoms with van der Waals surface area (Å²) < 4.78 is 6.89. The SMILES string of the molecule is O=C1NCCC1Cc1nnc(Cc2nc3ccc(-c4ccccc4)cc3s2)o1. The van der Waals surface area contributed by atoms with Gasteiger partial charge in [-0.1, -0.05) is 36.4 Å². The fraction of sp³-hybridized carbons (Fsp3) is 0.238. The molecular weight excluding hydrogens is 372 g/mol. The number of nitrogens with zero attached hydrogens (tertiary/aromatic N) is 3. The average molecular weight is 390 g/mol. The van der Waals surface area contributed by atoms with Gasteiger partial charge in [-0.2, -0.15) is 0 Å². The highest BCUT2D eigenvalue weighted by atomic mass is 32.1. The Kier molecular flexibility index (Phi) is 4.37. The Bertz CT molecular complexity index is 1140. The molecule has 2 aromatic heterocycles. The second kappa shape index (κ2) is 7.16. The molecule has 1 atom stereocenters. The number of nitrogens with one attached hydrogen (secondary N) is 1. The summed E-state index contributed by atoms with van der Waals surface area (Å²) in [4.78, 5) is 16.4. The normalized spacial score (nSPS) is 16.6. The lowest BCUT2D eigenvalue weighted by molar-refractivity contribution is -0.122. The fourth-order valence-corrected chi connectivity index (χ4v) is 4.48. The van der Waals surface area contributed by atoms with Crippen LogP contribution in [0.5, 0.6) is 0 Å². The Morgan fingerprint density at radius 2 is 1.93 bits per heavy atom. The molecule has 1 saturated heterocycles. The average Bonchev–Trinajstić information content (AvgIpc) is 3.43. The lowest BCUT2D eigenvalue weighted by atomic mass is 10.0. The van der Waals surface area contributed by atoms with Gasteiger partial charge in [-0.3, -0.25) is 4.79 Å². The molecule has 0 aliphatic carbocycles. The lowest BCUT2D eigenvalue weighted by Gasteiger charge is -2.00. The molecule has 6 nitrogen and oxygen atoms in total. The van der Waals surface area contributed by atoms with Gasteiger partial charge in [0.15, 0.2) is 0 Å². The van der Waals surface area contributed by atoms with Crippen molar-refractivity contribution in [3.63, 3.8) is 0 Å². The predicted molar refractivity (Wildman–Crippen MR) is 107 cm³/mol. The van der Waals surface area contributed by atoms with Crippen LogP contribution in [0.25, 0.3) is 21.3 Å². The number of carbonyl (C=O) groups is 1. The number of amides is 1. The minimum atomic E-state index is -0.0628. The summed E-state index contributed by atoms with van der Waals surface area (Å²) in [7, 11) is 0. The summed E-state index contributed by atoms with van der Waals surface area (Å²) in [6, 6.07) is 16.6. The van der Waals surface area contributed by atoms with Crippen molar-refractivity contribution in [3.05, 3.63) is 65.3 Å². The van der Waals surface area contributed by atoms with Crippen molar-refractivity contribution in [1.29, 1.82) is 0 Å². The Morgan fingerprint density at radius 3 is 2.75 bits per heavy atom. The third kappa shape index (κ3) is 3.41. The lowest BCUT2D eigenvalue weighted by Crippen LogP contribution is -2.20. The van der Waals surface area contributed by atoms with E-state index in [0.29, 0.717) is 24.6 Å². The van der Waals surface area contributed by atoms with Gasteiger partial charge in [-0.05, 0) is 29.7 Å². The van der Waals surface area contributed by atoms with Crippen molar-refractivity contribution in [2.24, 2.45) is 5.92 Å². The highest BCUT2D eigenvalue weighted by Gasteiger charge is 2.26. The van der Waals surface area contributed by atoms with Crippen LogP contribution in [0.1, 0.15) is 23.2 Å². The van der Waals surface area contributed by atoms with Gasteiger partial charge in [0.05, 0.1) is 16.6 Å². The number of hydrogen-bond acceptors (Lipinski definition) is 6. The smallest absolute Gasteiger partial charge is 0.223 e. The van der Waals surface area contributed by atoms with Crippen molar-refractivity contribution in [2.75, 3.05) is 6.54 Å². The van der Waals surface area contributed by atoms with Crippen molar-refractivity contribution in [3.8, 4) is 11.1 Å². The van der Waals surface area contributed by atoms with E-state index < -0.39 is 0 Å².